The van der Waals surface area contributed by atoms with Crippen LogP contribution >= 0.6 is 0 Å². The standard InChI is InChI=1S/C21H22N4O/c1-14-10-15(2)12-17(11-14)24-21(26)19-13-20(23-16(3)22-19)25(4)18-8-6-5-7-9-18/h5-13H,1-4H3,(H,24,26). The molecule has 5 nitrogen and oxygen atoms in total. The minimum Gasteiger partial charge on any atom is -0.329 e. The molecule has 0 unspecified atom stereocenters. The van der Waals surface area contributed by atoms with Crippen LogP contribution in [0.15, 0.2) is 54.6 Å². The van der Waals surface area contributed by atoms with Crippen molar-refractivity contribution in [2.45, 2.75) is 20.8 Å². The van der Waals surface area contributed by atoms with Crippen LogP contribution in [0.4, 0.5) is 17.2 Å². The fraction of sp³-hybridized carbons (Fsp3) is 0.190. The van der Waals surface area contributed by atoms with Crippen LogP contribution in [0.25, 0.3) is 0 Å². The Kier molecular flexibility index (Phi) is 4.98. The van der Waals surface area contributed by atoms with Gasteiger partial charge in [-0.05, 0) is 56.2 Å². The first-order chi connectivity index (χ1) is 12.4. The average Bonchev–Trinajstić information content (AvgIpc) is 2.60. The molecule has 3 aromatic rings. The predicted molar refractivity (Wildman–Crippen MR) is 105 cm³/mol. The van der Waals surface area contributed by atoms with E-state index in [1.54, 1.807) is 13.0 Å². The summed E-state index contributed by atoms with van der Waals surface area (Å²) in [5.41, 5.74) is 4.30. The number of rotatable bonds is 4. The van der Waals surface area contributed by atoms with Gasteiger partial charge in [0.1, 0.15) is 17.3 Å². The van der Waals surface area contributed by atoms with Gasteiger partial charge in [-0.25, -0.2) is 9.97 Å². The lowest BCUT2D eigenvalue weighted by Crippen LogP contribution is -2.18. The second kappa shape index (κ2) is 7.35. The van der Waals surface area contributed by atoms with Crippen LogP contribution in [0.2, 0.25) is 0 Å². The van der Waals surface area contributed by atoms with Gasteiger partial charge in [0.2, 0.25) is 0 Å². The molecule has 0 aliphatic rings. The number of para-hydroxylation sites is 1. The Morgan fingerprint density at radius 2 is 1.58 bits per heavy atom. The number of hydrogen-bond donors (Lipinski definition) is 1. The molecule has 1 N–H and O–H groups in total. The van der Waals surface area contributed by atoms with Crippen LogP contribution in [0, 0.1) is 20.8 Å². The third-order valence-electron chi connectivity index (χ3n) is 4.02. The molecule has 0 radical (unpaired) electrons. The predicted octanol–water partition coefficient (Wildman–Crippen LogP) is 4.42. The molecule has 0 bridgehead atoms. The van der Waals surface area contributed by atoms with Gasteiger partial charge in [0.05, 0.1) is 0 Å². The number of benzene rings is 2. The summed E-state index contributed by atoms with van der Waals surface area (Å²) < 4.78 is 0. The van der Waals surface area contributed by atoms with Gasteiger partial charge in [-0.1, -0.05) is 24.3 Å². The van der Waals surface area contributed by atoms with E-state index in [1.165, 1.54) is 0 Å². The van der Waals surface area contributed by atoms with Gasteiger partial charge in [-0.3, -0.25) is 4.79 Å². The molecule has 1 amide bonds. The van der Waals surface area contributed by atoms with Crippen molar-refractivity contribution in [1.82, 2.24) is 9.97 Å². The van der Waals surface area contributed by atoms with E-state index in [4.69, 9.17) is 0 Å². The van der Waals surface area contributed by atoms with Gasteiger partial charge in [-0.2, -0.15) is 0 Å². The molecule has 0 saturated heterocycles. The number of carbonyl (C=O) groups is 1. The first-order valence-corrected chi connectivity index (χ1v) is 8.46. The summed E-state index contributed by atoms with van der Waals surface area (Å²) in [4.78, 5) is 23.4. The van der Waals surface area contributed by atoms with Gasteiger partial charge in [-0.15, -0.1) is 0 Å². The molecule has 132 valence electrons. The average molecular weight is 346 g/mol. The lowest BCUT2D eigenvalue weighted by atomic mass is 10.1. The van der Waals surface area contributed by atoms with E-state index in [2.05, 4.69) is 21.4 Å². The van der Waals surface area contributed by atoms with Gasteiger partial charge in [0.25, 0.3) is 5.91 Å². The highest BCUT2D eigenvalue weighted by Gasteiger charge is 2.14. The fourth-order valence-corrected chi connectivity index (χ4v) is 2.87. The van der Waals surface area contributed by atoms with Crippen molar-refractivity contribution in [2.24, 2.45) is 0 Å². The van der Waals surface area contributed by atoms with Crippen LogP contribution < -0.4 is 10.2 Å². The Morgan fingerprint density at radius 3 is 2.23 bits per heavy atom. The molecular formula is C21H22N4O. The highest BCUT2D eigenvalue weighted by Crippen LogP contribution is 2.22. The Bertz CT molecular complexity index is 918. The summed E-state index contributed by atoms with van der Waals surface area (Å²) in [6.45, 7) is 5.80. The van der Waals surface area contributed by atoms with Crippen LogP contribution in [0.1, 0.15) is 27.4 Å². The van der Waals surface area contributed by atoms with E-state index < -0.39 is 0 Å². The molecule has 0 aliphatic carbocycles. The first-order valence-electron chi connectivity index (χ1n) is 8.46. The summed E-state index contributed by atoms with van der Waals surface area (Å²) in [5.74, 6) is 0.980. The maximum Gasteiger partial charge on any atom is 0.274 e. The number of aryl methyl sites for hydroxylation is 3. The number of nitrogens with zero attached hydrogens (tertiary/aromatic N) is 3. The van der Waals surface area contributed by atoms with E-state index in [0.29, 0.717) is 17.3 Å². The van der Waals surface area contributed by atoms with Gasteiger partial charge < -0.3 is 10.2 Å². The quantitative estimate of drug-likeness (QED) is 0.759. The van der Waals surface area contributed by atoms with Crippen molar-refractivity contribution in [3.8, 4) is 0 Å². The Balaban J connectivity index is 1.88. The van der Waals surface area contributed by atoms with E-state index >= 15 is 0 Å². The van der Waals surface area contributed by atoms with Gasteiger partial charge in [0, 0.05) is 24.5 Å². The van der Waals surface area contributed by atoms with Crippen molar-refractivity contribution >= 4 is 23.1 Å². The van der Waals surface area contributed by atoms with Crippen molar-refractivity contribution in [2.75, 3.05) is 17.3 Å². The Labute approximate surface area is 153 Å². The third kappa shape index (κ3) is 4.06. The molecule has 1 aromatic heterocycles. The number of anilines is 3. The van der Waals surface area contributed by atoms with E-state index in [9.17, 15) is 4.79 Å². The molecule has 0 atom stereocenters. The van der Waals surface area contributed by atoms with Crippen LogP contribution in [-0.2, 0) is 0 Å². The highest BCUT2D eigenvalue weighted by atomic mass is 16.1. The van der Waals surface area contributed by atoms with Crippen molar-refractivity contribution < 1.29 is 4.79 Å². The number of nitrogens with one attached hydrogen (secondary N) is 1. The van der Waals surface area contributed by atoms with Crippen molar-refractivity contribution in [3.63, 3.8) is 0 Å². The normalized spacial score (nSPS) is 10.5. The second-order valence-electron chi connectivity index (χ2n) is 6.38. The number of hydrogen-bond acceptors (Lipinski definition) is 4. The number of amides is 1. The smallest absolute Gasteiger partial charge is 0.274 e. The summed E-state index contributed by atoms with van der Waals surface area (Å²) in [5, 5.41) is 2.93. The molecule has 0 aliphatic heterocycles. The summed E-state index contributed by atoms with van der Waals surface area (Å²) in [7, 11) is 1.92. The van der Waals surface area contributed by atoms with Crippen molar-refractivity contribution in [1.29, 1.82) is 0 Å². The van der Waals surface area contributed by atoms with Crippen LogP contribution in [-0.4, -0.2) is 22.9 Å². The molecule has 5 heteroatoms. The SMILES string of the molecule is Cc1cc(C)cc(NC(=O)c2cc(N(C)c3ccccc3)nc(C)n2)c1. The number of aromatic nitrogens is 2. The fourth-order valence-electron chi connectivity index (χ4n) is 2.87. The molecule has 3 rings (SSSR count). The largest absolute Gasteiger partial charge is 0.329 e. The van der Waals surface area contributed by atoms with E-state index in [-0.39, 0.29) is 5.91 Å². The molecule has 1 heterocycles. The maximum atomic E-state index is 12.7. The van der Waals surface area contributed by atoms with Crippen molar-refractivity contribution in [3.05, 3.63) is 77.2 Å². The molecule has 0 spiro atoms. The monoisotopic (exact) mass is 346 g/mol. The maximum absolute atomic E-state index is 12.7. The number of carbonyl (C=O) groups excluding carboxylic acids is 1. The summed E-state index contributed by atoms with van der Waals surface area (Å²) >= 11 is 0. The zero-order valence-corrected chi connectivity index (χ0v) is 15.4. The molecule has 0 saturated carbocycles. The lowest BCUT2D eigenvalue weighted by molar-refractivity contribution is 0.102. The Morgan fingerprint density at radius 1 is 0.923 bits per heavy atom. The highest BCUT2D eigenvalue weighted by molar-refractivity contribution is 6.03. The van der Waals surface area contributed by atoms with Gasteiger partial charge >= 0.3 is 0 Å². The van der Waals surface area contributed by atoms with Crippen LogP contribution in [0.3, 0.4) is 0 Å². The molecule has 2 aromatic carbocycles. The van der Waals surface area contributed by atoms with Crippen LogP contribution in [0.5, 0.6) is 0 Å². The summed E-state index contributed by atoms with van der Waals surface area (Å²) in [6, 6.07) is 17.5. The zero-order chi connectivity index (χ0) is 18.7. The van der Waals surface area contributed by atoms with E-state index in [1.807, 2.05) is 68.3 Å². The first kappa shape index (κ1) is 17.6. The minimum absolute atomic E-state index is 0.247. The minimum atomic E-state index is -0.247. The van der Waals surface area contributed by atoms with E-state index in [0.717, 1.165) is 22.5 Å². The lowest BCUT2D eigenvalue weighted by Gasteiger charge is -2.19. The Hall–Kier alpha value is -3.21. The van der Waals surface area contributed by atoms with Gasteiger partial charge in [0.15, 0.2) is 0 Å². The topological polar surface area (TPSA) is 58.1 Å². The third-order valence-corrected chi connectivity index (χ3v) is 4.02. The molecule has 0 fully saturated rings. The zero-order valence-electron chi connectivity index (χ0n) is 15.4. The molecule has 26 heavy (non-hydrogen) atoms. The second-order valence-corrected chi connectivity index (χ2v) is 6.38. The molecular weight excluding hydrogens is 324 g/mol. The summed E-state index contributed by atoms with van der Waals surface area (Å²) in [6.07, 6.45) is 0.